The summed E-state index contributed by atoms with van der Waals surface area (Å²) in [4.78, 5) is 0. The van der Waals surface area contributed by atoms with Gasteiger partial charge in [0.15, 0.2) is 0 Å². The van der Waals surface area contributed by atoms with Gasteiger partial charge in [0.25, 0.3) is 0 Å². The van der Waals surface area contributed by atoms with Gasteiger partial charge >= 0.3 is 0 Å². The molecule has 0 saturated heterocycles. The fourth-order valence-corrected chi connectivity index (χ4v) is 2.05. The van der Waals surface area contributed by atoms with Crippen molar-refractivity contribution in [3.05, 3.63) is 53.6 Å². The van der Waals surface area contributed by atoms with Crippen LogP contribution in [0.25, 0.3) is 16.8 Å². The fourth-order valence-electron chi connectivity index (χ4n) is 2.05. The van der Waals surface area contributed by atoms with Crippen LogP contribution in [0.2, 0.25) is 0 Å². The van der Waals surface area contributed by atoms with Gasteiger partial charge in [0.05, 0.1) is 0 Å². The van der Waals surface area contributed by atoms with Crippen LogP contribution in [-0.2, 0) is 6.42 Å². The first-order valence-electron chi connectivity index (χ1n) is 5.03. The van der Waals surface area contributed by atoms with Crippen LogP contribution in [0.1, 0.15) is 17.5 Å². The van der Waals surface area contributed by atoms with E-state index in [1.807, 2.05) is 12.1 Å². The van der Waals surface area contributed by atoms with Gasteiger partial charge in [-0.3, -0.25) is 0 Å². The van der Waals surface area contributed by atoms with Gasteiger partial charge in [0.1, 0.15) is 0 Å². The van der Waals surface area contributed by atoms with Crippen molar-refractivity contribution in [1.82, 2.24) is 0 Å². The van der Waals surface area contributed by atoms with Crippen molar-refractivity contribution in [3.8, 4) is 0 Å². The molecule has 1 aliphatic rings. The summed E-state index contributed by atoms with van der Waals surface area (Å²) in [6, 6.07) is 14.0. The number of benzene rings is 2. The molecule has 0 saturated carbocycles. The van der Waals surface area contributed by atoms with Gasteiger partial charge in [-0.15, -0.1) is 0 Å². The molecule has 0 aliphatic heterocycles. The van der Waals surface area contributed by atoms with E-state index < -0.39 is 0 Å². The normalized spacial score (nSPS) is 14.3. The molecule has 0 unspecified atom stereocenters. The first kappa shape index (κ1) is 7.81. The lowest BCUT2D eigenvalue weighted by Gasteiger charge is -2.11. The molecule has 2 aromatic carbocycles. The van der Waals surface area contributed by atoms with Gasteiger partial charge in [-0.1, -0.05) is 36.4 Å². The first-order valence-corrected chi connectivity index (χ1v) is 5.03. The average molecular weight is 179 g/mol. The molecule has 2 aromatic rings. The highest BCUT2D eigenvalue weighted by atomic mass is 14.1. The Hall–Kier alpha value is -1.56. The average Bonchev–Trinajstić information content (AvgIpc) is 2.26. The molecule has 0 aromatic heterocycles. The lowest BCUT2D eigenvalue weighted by molar-refractivity contribution is 0.989. The molecule has 0 bridgehead atoms. The van der Waals surface area contributed by atoms with Crippen LogP contribution in [0, 0.1) is 6.07 Å². The number of fused-ring (bicyclic) bond motifs is 2. The van der Waals surface area contributed by atoms with Crippen LogP contribution in [0.5, 0.6) is 0 Å². The predicted octanol–water partition coefficient (Wildman–Crippen LogP) is 3.60. The molecule has 0 heteroatoms. The van der Waals surface area contributed by atoms with Crippen molar-refractivity contribution in [2.24, 2.45) is 0 Å². The lowest BCUT2D eigenvalue weighted by atomic mass is 9.94. The van der Waals surface area contributed by atoms with E-state index >= 15 is 0 Å². The van der Waals surface area contributed by atoms with Crippen molar-refractivity contribution in [1.29, 1.82) is 0 Å². The van der Waals surface area contributed by atoms with Crippen LogP contribution >= 0.6 is 0 Å². The van der Waals surface area contributed by atoms with Gasteiger partial charge in [0.2, 0.25) is 0 Å². The maximum Gasteiger partial charge on any atom is -0.00990 e. The third-order valence-corrected chi connectivity index (χ3v) is 2.80. The summed E-state index contributed by atoms with van der Waals surface area (Å²) in [7, 11) is 0. The molecular weight excluding hydrogens is 168 g/mol. The molecule has 0 spiro atoms. The Morgan fingerprint density at radius 3 is 3.21 bits per heavy atom. The Bertz CT molecular complexity index is 506. The van der Waals surface area contributed by atoms with E-state index in [0.717, 1.165) is 0 Å². The van der Waals surface area contributed by atoms with Gasteiger partial charge in [0, 0.05) is 0 Å². The Kier molecular flexibility index (Phi) is 1.66. The van der Waals surface area contributed by atoms with E-state index in [1.54, 1.807) is 0 Å². The highest BCUT2D eigenvalue weighted by Crippen LogP contribution is 2.24. The number of hydrogen-bond acceptors (Lipinski definition) is 0. The molecule has 0 N–H and O–H groups in total. The standard InChI is InChI=1S/C14H11/c1-2-6-12-10-14-8-4-3-7-13(14)9-11(12)5-1/h1-3,6-7,9-10H,4,8H2. The Morgan fingerprint density at radius 1 is 1.21 bits per heavy atom. The molecule has 3 rings (SSSR count). The molecule has 0 atom stereocenters. The Balaban J connectivity index is 2.34. The maximum absolute atomic E-state index is 3.27. The summed E-state index contributed by atoms with van der Waals surface area (Å²) >= 11 is 0. The van der Waals surface area contributed by atoms with Gasteiger partial charge in [-0.05, 0) is 46.9 Å². The largest absolute Gasteiger partial charge is 0.0836 e. The second-order valence-electron chi connectivity index (χ2n) is 3.75. The third-order valence-electron chi connectivity index (χ3n) is 2.80. The smallest absolute Gasteiger partial charge is 0.00990 e. The van der Waals surface area contributed by atoms with Crippen LogP contribution in [-0.4, -0.2) is 0 Å². The van der Waals surface area contributed by atoms with Crippen molar-refractivity contribution >= 4 is 16.8 Å². The second kappa shape index (κ2) is 2.98. The zero-order valence-corrected chi connectivity index (χ0v) is 7.96. The number of rotatable bonds is 0. The number of aryl methyl sites for hydroxylation is 1. The van der Waals surface area contributed by atoms with E-state index in [1.165, 1.54) is 34.7 Å². The van der Waals surface area contributed by atoms with Gasteiger partial charge < -0.3 is 0 Å². The second-order valence-corrected chi connectivity index (χ2v) is 3.75. The maximum atomic E-state index is 3.27. The number of allylic oxidation sites excluding steroid dienone is 1. The summed E-state index contributed by atoms with van der Waals surface area (Å²) < 4.78 is 0. The SMILES string of the molecule is [c]1cccc2cc3c(cc12)C=CCC3. The van der Waals surface area contributed by atoms with E-state index in [2.05, 4.69) is 36.4 Å². The minimum absolute atomic E-state index is 1.18. The molecule has 1 aliphatic carbocycles. The van der Waals surface area contributed by atoms with Gasteiger partial charge in [-0.2, -0.15) is 0 Å². The predicted molar refractivity (Wildman–Crippen MR) is 60.1 cm³/mol. The summed E-state index contributed by atoms with van der Waals surface area (Å²) in [6.45, 7) is 0. The summed E-state index contributed by atoms with van der Waals surface area (Å²) in [5.41, 5.74) is 2.84. The zero-order valence-electron chi connectivity index (χ0n) is 7.96. The first-order chi connectivity index (χ1) is 6.93. The summed E-state index contributed by atoms with van der Waals surface area (Å²) in [6.07, 6.45) is 6.82. The van der Waals surface area contributed by atoms with E-state index in [9.17, 15) is 0 Å². The monoisotopic (exact) mass is 179 g/mol. The minimum Gasteiger partial charge on any atom is -0.0836 e. The molecular formula is C14H11. The molecule has 1 radical (unpaired) electrons. The van der Waals surface area contributed by atoms with Crippen molar-refractivity contribution in [2.45, 2.75) is 12.8 Å². The van der Waals surface area contributed by atoms with Crippen molar-refractivity contribution in [3.63, 3.8) is 0 Å². The van der Waals surface area contributed by atoms with E-state index in [-0.39, 0.29) is 0 Å². The van der Waals surface area contributed by atoms with Crippen molar-refractivity contribution < 1.29 is 0 Å². The highest BCUT2D eigenvalue weighted by Gasteiger charge is 2.05. The topological polar surface area (TPSA) is 0 Å². The zero-order chi connectivity index (χ0) is 9.38. The van der Waals surface area contributed by atoms with Crippen molar-refractivity contribution in [2.75, 3.05) is 0 Å². The summed E-state index contributed by atoms with van der Waals surface area (Å²) in [5.74, 6) is 0. The molecule has 14 heavy (non-hydrogen) atoms. The molecule has 67 valence electrons. The van der Waals surface area contributed by atoms with E-state index in [4.69, 9.17) is 0 Å². The minimum atomic E-state index is 1.18. The lowest BCUT2D eigenvalue weighted by Crippen LogP contribution is -1.93. The fraction of sp³-hybridized carbons (Fsp3) is 0.143. The number of hydrogen-bond donors (Lipinski definition) is 0. The van der Waals surface area contributed by atoms with E-state index in [0.29, 0.717) is 0 Å². The summed E-state index contributed by atoms with van der Waals surface area (Å²) in [5, 5.41) is 2.53. The quantitative estimate of drug-likeness (QED) is 0.579. The molecule has 0 nitrogen and oxygen atoms in total. The highest BCUT2D eigenvalue weighted by molar-refractivity contribution is 5.85. The molecule has 0 heterocycles. The molecule has 0 amide bonds. The van der Waals surface area contributed by atoms with Crippen LogP contribution in [0.15, 0.2) is 36.4 Å². The Labute approximate surface area is 83.9 Å². The Morgan fingerprint density at radius 2 is 2.21 bits per heavy atom. The van der Waals surface area contributed by atoms with Crippen LogP contribution in [0.4, 0.5) is 0 Å². The van der Waals surface area contributed by atoms with Crippen LogP contribution < -0.4 is 0 Å². The third kappa shape index (κ3) is 1.15. The van der Waals surface area contributed by atoms with Gasteiger partial charge in [-0.25, -0.2) is 0 Å². The molecule has 0 fully saturated rings. The van der Waals surface area contributed by atoms with Crippen LogP contribution in [0.3, 0.4) is 0 Å².